The number of carboxylic acids is 1. The van der Waals surface area contributed by atoms with E-state index in [9.17, 15) is 33.7 Å². The number of Topliss-reactive ketones (excluding diaryl/α,β-unsaturated/α-hetero) is 2. The van der Waals surface area contributed by atoms with Crippen LogP contribution in [0.5, 0.6) is 0 Å². The monoisotopic (exact) mass is 655 g/mol. The number of carboxylic acid groups (broad SMARTS) is 1. The molecule has 0 aromatic rings. The van der Waals surface area contributed by atoms with E-state index in [0.29, 0.717) is 5.75 Å². The van der Waals surface area contributed by atoms with E-state index < -0.39 is 42.9 Å². The Morgan fingerprint density at radius 3 is 1.93 bits per heavy atom. The molecule has 0 saturated carbocycles. The van der Waals surface area contributed by atoms with Gasteiger partial charge in [0.25, 0.3) is 0 Å². The summed E-state index contributed by atoms with van der Waals surface area (Å²) in [6.45, 7) is 15.4. The van der Waals surface area contributed by atoms with Crippen LogP contribution in [0, 0.1) is 23.7 Å². The van der Waals surface area contributed by atoms with Gasteiger partial charge in [0.15, 0.2) is 11.6 Å². The molecule has 0 rings (SSSR count). The van der Waals surface area contributed by atoms with Crippen LogP contribution in [-0.2, 0) is 23.7 Å². The number of aliphatic carboxylic acids is 1. The summed E-state index contributed by atoms with van der Waals surface area (Å²) in [5.41, 5.74) is 3.66. The van der Waals surface area contributed by atoms with Crippen molar-refractivity contribution < 1.29 is 33.7 Å². The van der Waals surface area contributed by atoms with Crippen molar-refractivity contribution in [3.8, 4) is 0 Å². The Bertz CT molecular complexity index is 1090. The van der Waals surface area contributed by atoms with Crippen molar-refractivity contribution in [3.05, 3.63) is 34.9 Å². The highest BCUT2D eigenvalue weighted by atomic mass is 32.2. The number of hydrogen-bond acceptors (Lipinski definition) is 6. The van der Waals surface area contributed by atoms with E-state index in [1.807, 2.05) is 13.2 Å². The summed E-state index contributed by atoms with van der Waals surface area (Å²) in [6.07, 6.45) is 11.4. The third kappa shape index (κ3) is 18.1. The Morgan fingerprint density at radius 2 is 1.43 bits per heavy atom. The van der Waals surface area contributed by atoms with Gasteiger partial charge in [-0.3, -0.25) is 23.7 Å². The number of hydrogen-bond donors (Lipinski definition) is 3. The lowest BCUT2D eigenvalue weighted by Crippen LogP contribution is -2.46. The van der Waals surface area contributed by atoms with Gasteiger partial charge in [0.1, 0.15) is 5.92 Å². The molecule has 44 heavy (non-hydrogen) atoms. The standard InChI is InChI=1S/C34H58NO7PS/c1-23(2)12-10-13-26(7)14-11-15-27(8)16-19-43(41,42)20-17-31(37)35-32(25(5)6)30(36)22-29(24(3)4)33(38)28(34(39)40)18-21-44-9/h12,14,16,24-25,28-29,32H,10-11,13,15,17-22H2,1-9H3,(H,35,37)(H,39,40)(H,41,42)/b26-14+,27-16+. The number of rotatable bonds is 23. The first-order valence-corrected chi connectivity index (χ1v) is 19.2. The molecule has 0 radical (unpaired) electrons. The van der Waals surface area contributed by atoms with Crippen molar-refractivity contribution in [1.29, 1.82) is 0 Å². The molecule has 0 fully saturated rings. The van der Waals surface area contributed by atoms with E-state index in [2.05, 4.69) is 38.2 Å². The summed E-state index contributed by atoms with van der Waals surface area (Å²) >= 11 is 1.46. The molecule has 3 N–H and O–H groups in total. The topological polar surface area (TPSA) is 138 Å². The van der Waals surface area contributed by atoms with Gasteiger partial charge in [0, 0.05) is 31.1 Å². The average Bonchev–Trinajstić information content (AvgIpc) is 2.91. The zero-order chi connectivity index (χ0) is 34.0. The number of amides is 1. The largest absolute Gasteiger partial charge is 0.481 e. The molecule has 8 nitrogen and oxygen atoms in total. The highest BCUT2D eigenvalue weighted by Crippen LogP contribution is 2.41. The molecule has 4 unspecified atom stereocenters. The van der Waals surface area contributed by atoms with Crippen LogP contribution in [0.15, 0.2) is 34.9 Å². The van der Waals surface area contributed by atoms with Gasteiger partial charge in [-0.25, -0.2) is 0 Å². The van der Waals surface area contributed by atoms with Crippen LogP contribution in [-0.4, -0.2) is 63.8 Å². The Kier molecular flexibility index (Phi) is 20.8. The number of carbonyl (C=O) groups excluding carboxylic acids is 3. The quantitative estimate of drug-likeness (QED) is 0.0586. The van der Waals surface area contributed by atoms with Crippen LogP contribution in [0.25, 0.3) is 0 Å². The Morgan fingerprint density at radius 1 is 0.864 bits per heavy atom. The molecule has 0 saturated heterocycles. The van der Waals surface area contributed by atoms with Crippen molar-refractivity contribution >= 4 is 42.6 Å². The Balaban J connectivity index is 5.12. The van der Waals surface area contributed by atoms with Crippen molar-refractivity contribution in [1.82, 2.24) is 5.32 Å². The van der Waals surface area contributed by atoms with E-state index in [1.54, 1.807) is 33.8 Å². The summed E-state index contributed by atoms with van der Waals surface area (Å²) in [7, 11) is -3.59. The van der Waals surface area contributed by atoms with Crippen LogP contribution in [0.2, 0.25) is 0 Å². The van der Waals surface area contributed by atoms with Crippen molar-refractivity contribution in [2.24, 2.45) is 23.7 Å². The molecule has 4 atom stereocenters. The normalized spacial score (nSPS) is 15.8. The molecule has 10 heteroatoms. The van der Waals surface area contributed by atoms with Crippen LogP contribution in [0.4, 0.5) is 0 Å². The van der Waals surface area contributed by atoms with Crippen LogP contribution < -0.4 is 5.32 Å². The molecule has 0 aliphatic heterocycles. The molecular weight excluding hydrogens is 597 g/mol. The van der Waals surface area contributed by atoms with Crippen LogP contribution in [0.1, 0.15) is 100 Å². The molecule has 1 amide bonds. The lowest BCUT2D eigenvalue weighted by Gasteiger charge is -2.27. The molecular formula is C34H58NO7PS. The lowest BCUT2D eigenvalue weighted by atomic mass is 9.79. The Labute approximate surface area is 270 Å². The molecule has 0 heterocycles. The van der Waals surface area contributed by atoms with Gasteiger partial charge in [-0.2, -0.15) is 11.8 Å². The Hall–Kier alpha value is -1.96. The predicted molar refractivity (Wildman–Crippen MR) is 183 cm³/mol. The first-order chi connectivity index (χ1) is 20.4. The maximum Gasteiger partial charge on any atom is 0.314 e. The summed E-state index contributed by atoms with van der Waals surface area (Å²) in [5.74, 6) is -4.47. The van der Waals surface area contributed by atoms with Gasteiger partial charge in [-0.15, -0.1) is 0 Å². The van der Waals surface area contributed by atoms with Crippen molar-refractivity contribution in [3.63, 3.8) is 0 Å². The third-order valence-corrected chi connectivity index (χ3v) is 10.0. The van der Waals surface area contributed by atoms with E-state index in [4.69, 9.17) is 0 Å². The summed E-state index contributed by atoms with van der Waals surface area (Å²) in [4.78, 5) is 61.5. The fraction of sp³-hybridized carbons (Fsp3) is 0.706. The van der Waals surface area contributed by atoms with Gasteiger partial charge in [0.2, 0.25) is 13.3 Å². The number of nitrogens with one attached hydrogen (secondary N) is 1. The molecule has 0 bridgehead atoms. The number of allylic oxidation sites excluding steroid dienone is 6. The fourth-order valence-electron chi connectivity index (χ4n) is 4.76. The average molecular weight is 656 g/mol. The SMILES string of the molecule is CSCCC(C(=O)O)C(=O)C(CC(=O)C(NC(=O)CCP(=O)(O)C/C=C(\C)CC/C=C(\C)CCC=C(C)C)C(C)C)C(C)C. The zero-order valence-corrected chi connectivity index (χ0v) is 30.2. The van der Waals surface area contributed by atoms with E-state index in [1.165, 1.54) is 22.9 Å². The molecule has 252 valence electrons. The minimum Gasteiger partial charge on any atom is -0.481 e. The second-order valence-electron chi connectivity index (χ2n) is 12.8. The van der Waals surface area contributed by atoms with Gasteiger partial charge >= 0.3 is 5.97 Å². The van der Waals surface area contributed by atoms with Crippen LogP contribution >= 0.6 is 19.1 Å². The second-order valence-corrected chi connectivity index (χ2v) is 16.3. The van der Waals surface area contributed by atoms with Crippen molar-refractivity contribution in [2.75, 3.05) is 24.3 Å². The lowest BCUT2D eigenvalue weighted by molar-refractivity contribution is -0.149. The minimum atomic E-state index is -3.59. The molecule has 0 aliphatic rings. The molecule has 0 spiro atoms. The van der Waals surface area contributed by atoms with Crippen LogP contribution in [0.3, 0.4) is 0 Å². The first kappa shape index (κ1) is 42.0. The zero-order valence-electron chi connectivity index (χ0n) is 28.5. The predicted octanol–water partition coefficient (Wildman–Crippen LogP) is 7.46. The van der Waals surface area contributed by atoms with Gasteiger partial charge in [0.05, 0.1) is 6.04 Å². The minimum absolute atomic E-state index is 0.0125. The number of thioether (sulfide) groups is 1. The number of carbonyl (C=O) groups is 4. The molecule has 0 aromatic carbocycles. The van der Waals surface area contributed by atoms with Gasteiger partial charge in [-0.05, 0) is 83.6 Å². The highest BCUT2D eigenvalue weighted by Gasteiger charge is 2.37. The maximum absolute atomic E-state index is 13.3. The summed E-state index contributed by atoms with van der Waals surface area (Å²) in [5, 5.41) is 12.3. The van der Waals surface area contributed by atoms with Crippen molar-refractivity contribution in [2.45, 2.75) is 106 Å². The summed E-state index contributed by atoms with van der Waals surface area (Å²) < 4.78 is 12.8. The van der Waals surface area contributed by atoms with Gasteiger partial charge < -0.3 is 15.3 Å². The number of ketones is 2. The summed E-state index contributed by atoms with van der Waals surface area (Å²) in [6, 6.07) is -0.884. The third-order valence-electron chi connectivity index (χ3n) is 7.71. The first-order valence-electron chi connectivity index (χ1n) is 15.7. The highest BCUT2D eigenvalue weighted by molar-refractivity contribution is 7.98. The van der Waals surface area contributed by atoms with Gasteiger partial charge in [-0.1, -0.05) is 62.6 Å². The maximum atomic E-state index is 13.3. The smallest absolute Gasteiger partial charge is 0.314 e. The molecule has 0 aliphatic carbocycles. The van der Waals surface area contributed by atoms with E-state index >= 15 is 0 Å². The molecule has 0 aromatic heterocycles. The second kappa shape index (κ2) is 21.7. The fourth-order valence-corrected chi connectivity index (χ4v) is 6.56. The van der Waals surface area contributed by atoms with E-state index in [0.717, 1.165) is 31.3 Å². The van der Waals surface area contributed by atoms with E-state index in [-0.39, 0.29) is 49.2 Å².